The summed E-state index contributed by atoms with van der Waals surface area (Å²) in [5.41, 5.74) is 3.05. The maximum absolute atomic E-state index is 13.8. The molecule has 330 valence electrons. The highest BCUT2D eigenvalue weighted by Gasteiger charge is 2.52. The highest BCUT2D eigenvalue weighted by molar-refractivity contribution is 7.99. The summed E-state index contributed by atoms with van der Waals surface area (Å²) >= 11 is 18.5. The normalized spacial score (nSPS) is 20.4. The number of nitrogens with zero attached hydrogens (tertiary/aromatic N) is 2. The lowest BCUT2D eigenvalue weighted by Gasteiger charge is -2.50. The highest BCUT2D eigenvalue weighted by Crippen LogP contribution is 2.59. The monoisotopic (exact) mass is 924 g/mol. The van der Waals surface area contributed by atoms with Gasteiger partial charge in [-0.05, 0) is 37.5 Å². The van der Waals surface area contributed by atoms with Crippen molar-refractivity contribution in [3.05, 3.63) is 77.9 Å². The topological polar surface area (TPSA) is 196 Å². The van der Waals surface area contributed by atoms with Crippen LogP contribution in [0.2, 0.25) is 0 Å². The van der Waals surface area contributed by atoms with E-state index in [0.717, 1.165) is 5.56 Å². The minimum atomic E-state index is -1.91. The molecular formula is C41H47Cl3N4O12S. The molecule has 3 aliphatic rings. The molecule has 1 fully saturated rings. The third-order valence-electron chi connectivity index (χ3n) is 9.87. The van der Waals surface area contributed by atoms with Gasteiger partial charge in [0.25, 0.3) is 0 Å². The zero-order valence-electron chi connectivity index (χ0n) is 33.7. The number of aliphatic hydroxyl groups is 1. The molecule has 2 bridgehead atoms. The number of carbonyl (C=O) groups is 3. The van der Waals surface area contributed by atoms with Gasteiger partial charge < -0.3 is 53.6 Å². The molecule has 5 rings (SSSR count). The molecule has 3 N–H and O–H groups in total. The lowest BCUT2D eigenvalue weighted by atomic mass is 9.82. The highest BCUT2D eigenvalue weighted by atomic mass is 35.6. The van der Waals surface area contributed by atoms with Gasteiger partial charge in [0, 0.05) is 22.4 Å². The number of nitriles is 1. The number of carbonyl (C=O) groups excluding carboxylic acids is 3. The van der Waals surface area contributed by atoms with Crippen LogP contribution in [0.4, 0.5) is 9.59 Å². The number of cyclic esters (lactones) is 1. The fraction of sp³-hybridized carbons (Fsp3) is 0.463. The molecule has 0 aromatic heterocycles. The van der Waals surface area contributed by atoms with Crippen molar-refractivity contribution < 1.29 is 57.4 Å². The molecule has 0 saturated carbocycles. The van der Waals surface area contributed by atoms with E-state index >= 15 is 0 Å². The van der Waals surface area contributed by atoms with Crippen LogP contribution in [0.5, 0.6) is 28.7 Å². The number of aliphatic hydroxyl groups excluding tert-OH is 1. The fourth-order valence-electron chi connectivity index (χ4n) is 7.53. The number of alkyl halides is 3. The molecule has 3 heterocycles. The Kier molecular flexibility index (Phi) is 16.6. The molecule has 2 aromatic rings. The Morgan fingerprint density at radius 1 is 1.03 bits per heavy atom. The molecule has 0 radical (unpaired) electrons. The number of aryl methyl sites for hydroxylation is 1. The Morgan fingerprint density at radius 2 is 1.74 bits per heavy atom. The molecule has 0 unspecified atom stereocenters. The third-order valence-corrected chi connectivity index (χ3v) is 11.6. The molecule has 16 nitrogen and oxygen atoms in total. The van der Waals surface area contributed by atoms with Crippen LogP contribution in [0, 0.1) is 25.2 Å². The predicted octanol–water partition coefficient (Wildman–Crippen LogP) is 6.10. The van der Waals surface area contributed by atoms with Crippen molar-refractivity contribution in [2.24, 2.45) is 0 Å². The van der Waals surface area contributed by atoms with Gasteiger partial charge in [-0.3, -0.25) is 4.90 Å². The smallest absolute Gasteiger partial charge is 0.408 e. The van der Waals surface area contributed by atoms with Crippen molar-refractivity contribution >= 4 is 64.7 Å². The summed E-state index contributed by atoms with van der Waals surface area (Å²) < 4.78 is 44.4. The lowest BCUT2D eigenvalue weighted by molar-refractivity contribution is -0.148. The van der Waals surface area contributed by atoms with Crippen molar-refractivity contribution in [3.8, 4) is 34.8 Å². The lowest BCUT2D eigenvalue weighted by Crippen LogP contribution is -2.61. The fourth-order valence-corrected chi connectivity index (χ4v) is 9.16. The van der Waals surface area contributed by atoms with Crippen molar-refractivity contribution in [1.29, 1.82) is 5.26 Å². The van der Waals surface area contributed by atoms with Gasteiger partial charge >= 0.3 is 18.2 Å². The number of hydrogen-bond donors (Lipinski definition) is 3. The van der Waals surface area contributed by atoms with E-state index in [9.17, 15) is 24.8 Å². The van der Waals surface area contributed by atoms with E-state index in [0.29, 0.717) is 51.0 Å². The van der Waals surface area contributed by atoms with Crippen LogP contribution in [0.15, 0.2) is 50.1 Å². The summed E-state index contributed by atoms with van der Waals surface area (Å²) in [7, 11) is 1.52. The molecule has 1 saturated heterocycles. The van der Waals surface area contributed by atoms with Crippen LogP contribution in [-0.4, -0.2) is 115 Å². The summed E-state index contributed by atoms with van der Waals surface area (Å²) in [6.07, 6.45) is 2.73. The molecule has 3 aliphatic heterocycles. The first-order valence-electron chi connectivity index (χ1n) is 18.9. The minimum absolute atomic E-state index is 0.0458. The number of rotatable bonds is 17. The molecule has 20 heteroatoms. The van der Waals surface area contributed by atoms with Crippen LogP contribution >= 0.6 is 46.6 Å². The van der Waals surface area contributed by atoms with Gasteiger partial charge in [0.05, 0.1) is 43.2 Å². The van der Waals surface area contributed by atoms with Gasteiger partial charge in [-0.25, -0.2) is 14.4 Å². The maximum Gasteiger partial charge on any atom is 0.408 e. The van der Waals surface area contributed by atoms with Gasteiger partial charge in [0.15, 0.2) is 23.0 Å². The Morgan fingerprint density at radius 3 is 2.39 bits per heavy atom. The Balaban J connectivity index is 1.68. The number of thioether (sulfide) groups is 1. The summed E-state index contributed by atoms with van der Waals surface area (Å²) in [5, 5.41) is 27.3. The van der Waals surface area contributed by atoms with Gasteiger partial charge in [-0.15, -0.1) is 11.8 Å². The number of hydrogen-bond acceptors (Lipinski definition) is 15. The number of nitrogens with one attached hydrogen (secondary N) is 2. The van der Waals surface area contributed by atoms with Crippen LogP contribution in [0.25, 0.3) is 0 Å². The number of halogens is 3. The molecule has 0 aliphatic carbocycles. The number of methoxy groups -OCH3 is 1. The van der Waals surface area contributed by atoms with Crippen molar-refractivity contribution in [2.75, 3.05) is 59.3 Å². The average molecular weight is 926 g/mol. The van der Waals surface area contributed by atoms with Gasteiger partial charge in [-0.2, -0.15) is 5.26 Å². The number of ether oxygens (including phenoxy) is 8. The van der Waals surface area contributed by atoms with E-state index in [-0.39, 0.29) is 38.8 Å². The van der Waals surface area contributed by atoms with Crippen LogP contribution in [0.3, 0.4) is 0 Å². The van der Waals surface area contributed by atoms with Crippen LogP contribution < -0.4 is 34.3 Å². The Hall–Kier alpha value is -4.70. The first-order valence-corrected chi connectivity index (χ1v) is 21.1. The molecule has 0 spiro atoms. The summed E-state index contributed by atoms with van der Waals surface area (Å²) in [4.78, 5) is 41.8. The molecular weight excluding hydrogens is 879 g/mol. The number of fused-ring (bicyclic) bond motifs is 8. The first kappa shape index (κ1) is 47.4. The molecule has 2 amide bonds. The van der Waals surface area contributed by atoms with E-state index in [2.05, 4.69) is 36.4 Å². The van der Waals surface area contributed by atoms with Gasteiger partial charge in [0.1, 0.15) is 50.9 Å². The molecule has 2 aromatic carbocycles. The SMILES string of the molecule is C=CCOC(=O)N[C@@H](Cc1cc(C)c(OC)c(OCC=C)c1)[C@H](C#N)N1[C@H](CO)[C@@H]2SC[C@H](NC(=O)OCC(Cl)(Cl)Cl)C(=O)OC[C@H]1c1c3c(c(C)c(OCC=C)c12)OCO3. The second-order valence-electron chi connectivity index (χ2n) is 13.9. The number of benzene rings is 2. The van der Waals surface area contributed by atoms with E-state index in [1.807, 2.05) is 13.0 Å². The van der Waals surface area contributed by atoms with E-state index in [4.69, 9.17) is 72.7 Å². The summed E-state index contributed by atoms with van der Waals surface area (Å²) in [5.74, 6) is 1.07. The Bertz CT molecular complexity index is 2030. The molecule has 61 heavy (non-hydrogen) atoms. The summed E-state index contributed by atoms with van der Waals surface area (Å²) in [6, 6.07) is 0.435. The van der Waals surface area contributed by atoms with Crippen molar-refractivity contribution in [1.82, 2.24) is 15.5 Å². The molecule has 6 atom stereocenters. The second-order valence-corrected chi connectivity index (χ2v) is 17.6. The van der Waals surface area contributed by atoms with Crippen LogP contribution in [-0.2, 0) is 25.4 Å². The predicted molar refractivity (Wildman–Crippen MR) is 228 cm³/mol. The number of amides is 2. The minimum Gasteiger partial charge on any atom is -0.493 e. The maximum atomic E-state index is 13.8. The quantitative estimate of drug-likeness (QED) is 0.0712. The Labute approximate surface area is 372 Å². The standard InChI is InChI=1S/C41H47Cl3N4O12S/c1-7-10-54-30-15-24(13-22(4)33(30)53-6)14-25(46-39(51)56-12-9-3)27(16-45)48-28(17-49)37-32-31(36-35(59-21-60-36)23(5)34(32)55-11-8-2)29(48)18-57-38(50)26(19-61-37)47-40(52)58-20-41(42,43)44/h7-9,13,15,25-29,37,49H,1-3,10-12,14,17-21H2,4-6H3,(H,46,51)(H,47,52)/t25-,26-,27-,28+,29-,37-/m0/s1. The number of alkyl carbamates (subject to hydrolysis) is 2. The van der Waals surface area contributed by atoms with Gasteiger partial charge in [-0.1, -0.05) is 78.8 Å². The van der Waals surface area contributed by atoms with Crippen LogP contribution in [0.1, 0.15) is 39.1 Å². The van der Waals surface area contributed by atoms with Crippen molar-refractivity contribution in [2.45, 2.75) is 59.5 Å². The van der Waals surface area contributed by atoms with E-state index < -0.39 is 77.2 Å². The summed E-state index contributed by atoms with van der Waals surface area (Å²) in [6.45, 7) is 13.2. The second kappa shape index (κ2) is 21.4. The largest absolute Gasteiger partial charge is 0.493 e. The zero-order chi connectivity index (χ0) is 44.4. The third kappa shape index (κ3) is 11.0. The number of esters is 1. The average Bonchev–Trinajstić information content (AvgIpc) is 3.72. The van der Waals surface area contributed by atoms with Gasteiger partial charge in [0.2, 0.25) is 10.6 Å². The zero-order valence-corrected chi connectivity index (χ0v) is 36.8. The van der Waals surface area contributed by atoms with E-state index in [1.54, 1.807) is 30.0 Å². The van der Waals surface area contributed by atoms with E-state index in [1.165, 1.54) is 24.9 Å². The first-order chi connectivity index (χ1) is 29.2. The van der Waals surface area contributed by atoms with Crippen molar-refractivity contribution in [3.63, 3.8) is 0 Å².